The summed E-state index contributed by atoms with van der Waals surface area (Å²) >= 11 is 0. The molecule has 2 N–H and O–H groups in total. The lowest BCUT2D eigenvalue weighted by Gasteiger charge is -2.38. The van der Waals surface area contributed by atoms with Crippen molar-refractivity contribution in [3.05, 3.63) is 35.4 Å². The molecule has 1 aliphatic carbocycles. The number of aromatic nitrogens is 3. The summed E-state index contributed by atoms with van der Waals surface area (Å²) in [5.41, 5.74) is 2.10. The maximum atomic E-state index is 12.5. The molecule has 0 saturated heterocycles. The van der Waals surface area contributed by atoms with Crippen LogP contribution in [0.1, 0.15) is 43.8 Å². The Morgan fingerprint density at radius 3 is 2.73 bits per heavy atom. The molecule has 4 rings (SSSR count). The van der Waals surface area contributed by atoms with Crippen LogP contribution in [0.5, 0.6) is 0 Å². The van der Waals surface area contributed by atoms with E-state index in [0.717, 1.165) is 48.1 Å². The van der Waals surface area contributed by atoms with Gasteiger partial charge in [0.25, 0.3) is 0 Å². The molecule has 156 valence electrons. The number of rotatable bonds is 5. The van der Waals surface area contributed by atoms with Crippen LogP contribution in [-0.4, -0.2) is 40.0 Å². The average molecular weight is 406 g/mol. The largest absolute Gasteiger partial charge is 0.367 e. The number of nitriles is 1. The molecule has 30 heavy (non-hydrogen) atoms. The monoisotopic (exact) mass is 405 g/mol. The number of carbonyl (C=O) groups is 1. The Morgan fingerprint density at radius 1 is 1.33 bits per heavy atom. The van der Waals surface area contributed by atoms with Gasteiger partial charge in [0.15, 0.2) is 5.82 Å². The number of fused-ring (bicyclic) bond motifs is 1. The Morgan fingerprint density at radius 2 is 2.10 bits per heavy atom. The highest BCUT2D eigenvalue weighted by atomic mass is 16.2. The number of hydrogen-bond donors (Lipinski definition) is 2. The van der Waals surface area contributed by atoms with Crippen LogP contribution < -0.4 is 15.5 Å². The summed E-state index contributed by atoms with van der Waals surface area (Å²) in [6.45, 7) is 6.02. The number of pyridine rings is 1. The van der Waals surface area contributed by atoms with Crippen LogP contribution in [0.25, 0.3) is 0 Å². The van der Waals surface area contributed by atoms with E-state index >= 15 is 0 Å². The molecular weight excluding hydrogens is 378 g/mol. The highest BCUT2D eigenvalue weighted by Crippen LogP contribution is 2.36. The topological polar surface area (TPSA) is 107 Å². The summed E-state index contributed by atoms with van der Waals surface area (Å²) in [7, 11) is 1.94. The summed E-state index contributed by atoms with van der Waals surface area (Å²) in [6.07, 6.45) is 4.47. The molecular formula is C22H27N7O. The molecule has 0 radical (unpaired) electrons. The Labute approximate surface area is 176 Å². The van der Waals surface area contributed by atoms with Gasteiger partial charge in [-0.1, -0.05) is 13.8 Å². The molecule has 0 unspecified atom stereocenters. The number of amides is 1. The van der Waals surface area contributed by atoms with Crippen molar-refractivity contribution in [1.29, 1.82) is 5.26 Å². The number of carbonyl (C=O) groups excluding carboxylic acids is 1. The minimum atomic E-state index is -0.225. The first kappa shape index (κ1) is 20.1. The van der Waals surface area contributed by atoms with Gasteiger partial charge in [0, 0.05) is 25.7 Å². The van der Waals surface area contributed by atoms with E-state index in [1.165, 1.54) is 0 Å². The summed E-state index contributed by atoms with van der Waals surface area (Å²) in [5.74, 6) is 3.15. The average Bonchev–Trinajstić information content (AvgIpc) is 2.67. The lowest BCUT2D eigenvalue weighted by molar-refractivity contribution is -0.118. The first-order chi connectivity index (χ1) is 14.4. The van der Waals surface area contributed by atoms with Crippen LogP contribution in [0.4, 0.5) is 17.3 Å². The summed E-state index contributed by atoms with van der Waals surface area (Å²) in [6, 6.07) is 5.85. The fourth-order valence-corrected chi connectivity index (χ4v) is 4.39. The lowest BCUT2D eigenvalue weighted by Crippen LogP contribution is -2.50. The van der Waals surface area contributed by atoms with Gasteiger partial charge in [0.05, 0.1) is 11.3 Å². The molecule has 1 aliphatic heterocycles. The molecule has 2 aliphatic rings. The quantitative estimate of drug-likeness (QED) is 0.787. The smallest absolute Gasteiger partial charge is 0.247 e. The third-order valence-corrected chi connectivity index (χ3v) is 5.97. The molecule has 8 nitrogen and oxygen atoms in total. The Bertz CT molecular complexity index is 990. The predicted molar refractivity (Wildman–Crippen MR) is 115 cm³/mol. The zero-order chi connectivity index (χ0) is 21.4. The van der Waals surface area contributed by atoms with Crippen molar-refractivity contribution in [2.24, 2.45) is 11.8 Å². The first-order valence-electron chi connectivity index (χ1n) is 10.4. The Hall–Kier alpha value is -3.21. The maximum Gasteiger partial charge on any atom is 0.247 e. The van der Waals surface area contributed by atoms with Crippen molar-refractivity contribution < 1.29 is 4.79 Å². The fraction of sp³-hybridized carbons (Fsp3) is 0.500. The second-order valence-electron chi connectivity index (χ2n) is 8.64. The van der Waals surface area contributed by atoms with E-state index in [4.69, 9.17) is 10.2 Å². The van der Waals surface area contributed by atoms with Gasteiger partial charge < -0.3 is 15.5 Å². The van der Waals surface area contributed by atoms with Gasteiger partial charge in [-0.15, -0.1) is 0 Å². The fourth-order valence-electron chi connectivity index (χ4n) is 4.39. The van der Waals surface area contributed by atoms with Gasteiger partial charge >= 0.3 is 0 Å². The van der Waals surface area contributed by atoms with Gasteiger partial charge in [-0.25, -0.2) is 15.0 Å². The SMILES string of the molecule is Cc1nc(CC2CC(Nc3ccc(C#N)cn3)C2)nc2c1NC(=O)[C@H](C(C)C)N2C. The zero-order valence-electron chi connectivity index (χ0n) is 17.8. The van der Waals surface area contributed by atoms with Crippen LogP contribution in [0.3, 0.4) is 0 Å². The highest BCUT2D eigenvalue weighted by molar-refractivity contribution is 6.03. The van der Waals surface area contributed by atoms with E-state index in [0.29, 0.717) is 17.5 Å². The summed E-state index contributed by atoms with van der Waals surface area (Å²) < 4.78 is 0. The zero-order valence-corrected chi connectivity index (χ0v) is 17.8. The summed E-state index contributed by atoms with van der Waals surface area (Å²) in [4.78, 5) is 28.2. The van der Waals surface area contributed by atoms with Crippen molar-refractivity contribution in [1.82, 2.24) is 15.0 Å². The van der Waals surface area contributed by atoms with Crippen LogP contribution in [0, 0.1) is 30.1 Å². The van der Waals surface area contributed by atoms with E-state index in [1.54, 1.807) is 12.3 Å². The van der Waals surface area contributed by atoms with Gasteiger partial charge in [-0.2, -0.15) is 5.26 Å². The number of nitrogens with one attached hydrogen (secondary N) is 2. The minimum absolute atomic E-state index is 0.00349. The number of nitrogens with zero attached hydrogens (tertiary/aromatic N) is 5. The molecule has 1 amide bonds. The van der Waals surface area contributed by atoms with Gasteiger partial charge in [-0.3, -0.25) is 4.79 Å². The maximum absolute atomic E-state index is 12.5. The van der Waals surface area contributed by atoms with Gasteiger partial charge in [-0.05, 0) is 43.7 Å². The normalized spacial score (nSPS) is 22.7. The van der Waals surface area contributed by atoms with E-state index in [-0.39, 0.29) is 17.9 Å². The summed E-state index contributed by atoms with van der Waals surface area (Å²) in [5, 5.41) is 15.3. The highest BCUT2D eigenvalue weighted by Gasteiger charge is 2.36. The molecule has 2 aromatic heterocycles. The standard InChI is InChI=1S/C22H27N7O/c1-12(2)20-22(30)28-19-13(3)25-18(27-21(19)29(20)4)9-15-7-16(8-15)26-17-6-5-14(10-23)11-24-17/h5-6,11-12,15-16,20H,7-9H2,1-4H3,(H,24,26)(H,28,30)/t15?,16?,20-/m0/s1. The molecule has 0 aromatic carbocycles. The van der Waals surface area contributed by atoms with Crippen molar-refractivity contribution in [2.45, 2.75) is 52.1 Å². The van der Waals surface area contributed by atoms with Gasteiger partial charge in [0.2, 0.25) is 5.91 Å². The van der Waals surface area contributed by atoms with E-state index in [1.807, 2.05) is 38.8 Å². The van der Waals surface area contributed by atoms with Crippen LogP contribution in [-0.2, 0) is 11.2 Å². The number of anilines is 3. The number of likely N-dealkylation sites (N-methyl/N-ethyl adjacent to an activating group) is 1. The van der Waals surface area contributed by atoms with Crippen LogP contribution >= 0.6 is 0 Å². The molecule has 1 saturated carbocycles. The van der Waals surface area contributed by atoms with Crippen molar-refractivity contribution in [3.63, 3.8) is 0 Å². The van der Waals surface area contributed by atoms with E-state index in [9.17, 15) is 4.79 Å². The van der Waals surface area contributed by atoms with Crippen molar-refractivity contribution in [2.75, 3.05) is 22.6 Å². The van der Waals surface area contributed by atoms with E-state index in [2.05, 4.69) is 26.7 Å². The first-order valence-corrected chi connectivity index (χ1v) is 10.4. The predicted octanol–water partition coefficient (Wildman–Crippen LogP) is 2.90. The molecule has 2 aromatic rings. The Balaban J connectivity index is 1.40. The molecule has 1 fully saturated rings. The van der Waals surface area contributed by atoms with Crippen LogP contribution in [0.2, 0.25) is 0 Å². The second-order valence-corrected chi connectivity index (χ2v) is 8.64. The van der Waals surface area contributed by atoms with Crippen molar-refractivity contribution in [3.8, 4) is 6.07 Å². The third kappa shape index (κ3) is 3.80. The molecule has 1 atom stereocenters. The second kappa shape index (κ2) is 7.90. The number of aryl methyl sites for hydroxylation is 1. The van der Waals surface area contributed by atoms with Crippen LogP contribution in [0.15, 0.2) is 18.3 Å². The molecule has 8 heteroatoms. The van der Waals surface area contributed by atoms with Gasteiger partial charge in [0.1, 0.15) is 29.4 Å². The minimum Gasteiger partial charge on any atom is -0.367 e. The third-order valence-electron chi connectivity index (χ3n) is 5.97. The lowest BCUT2D eigenvalue weighted by atomic mass is 9.78. The molecule has 0 spiro atoms. The van der Waals surface area contributed by atoms with Crippen molar-refractivity contribution >= 4 is 23.2 Å². The molecule has 3 heterocycles. The van der Waals surface area contributed by atoms with E-state index < -0.39 is 0 Å². The number of hydrogen-bond acceptors (Lipinski definition) is 7. The Kier molecular flexibility index (Phi) is 5.29. The molecule has 0 bridgehead atoms.